The van der Waals surface area contributed by atoms with Gasteiger partial charge in [0.2, 0.25) is 10.0 Å². The number of nitrogens with one attached hydrogen (secondary N) is 3. The van der Waals surface area contributed by atoms with Crippen molar-refractivity contribution in [3.8, 4) is 0 Å². The highest BCUT2D eigenvalue weighted by atomic mass is 32.2. The molecule has 118 valence electrons. The van der Waals surface area contributed by atoms with Crippen LogP contribution in [0.2, 0.25) is 0 Å². The van der Waals surface area contributed by atoms with Crippen molar-refractivity contribution in [3.63, 3.8) is 0 Å². The first-order valence-corrected chi connectivity index (χ1v) is 8.35. The normalized spacial score (nSPS) is 12.0. The first-order chi connectivity index (χ1) is 9.54. The quantitative estimate of drug-likeness (QED) is 0.709. The van der Waals surface area contributed by atoms with E-state index in [1.807, 2.05) is 6.92 Å². The third-order valence-corrected chi connectivity index (χ3v) is 3.63. The number of aromatic nitrogens is 1. The number of carbonyl (C=O) groups excluding carboxylic acids is 1. The summed E-state index contributed by atoms with van der Waals surface area (Å²) in [6.07, 6.45) is 2.58. The fourth-order valence-electron chi connectivity index (χ4n) is 1.88. The molecule has 0 spiro atoms. The van der Waals surface area contributed by atoms with Crippen molar-refractivity contribution in [1.29, 1.82) is 0 Å². The summed E-state index contributed by atoms with van der Waals surface area (Å²) in [5.74, 6) is -0.310. The molecule has 0 fully saturated rings. The van der Waals surface area contributed by atoms with Crippen molar-refractivity contribution in [1.82, 2.24) is 15.0 Å². The Morgan fingerprint density at radius 3 is 2.52 bits per heavy atom. The molecular formula is C13H22N4O3S. The van der Waals surface area contributed by atoms with Gasteiger partial charge in [0.15, 0.2) is 0 Å². The SMILES string of the molecule is CNc1cc(C)ncc1C(=O)NCC(C)(C)NS(C)(=O)=O. The Hall–Kier alpha value is -1.67. The number of aryl methyl sites for hydroxylation is 1. The minimum absolute atomic E-state index is 0.163. The molecule has 21 heavy (non-hydrogen) atoms. The molecule has 1 aromatic heterocycles. The lowest BCUT2D eigenvalue weighted by atomic mass is 10.1. The Balaban J connectivity index is 2.79. The number of hydrogen-bond donors (Lipinski definition) is 3. The summed E-state index contributed by atoms with van der Waals surface area (Å²) in [4.78, 5) is 16.3. The first-order valence-electron chi connectivity index (χ1n) is 6.45. The average molecular weight is 314 g/mol. The minimum atomic E-state index is -3.34. The van der Waals surface area contributed by atoms with Gasteiger partial charge in [-0.1, -0.05) is 0 Å². The zero-order valence-corrected chi connectivity index (χ0v) is 13.8. The van der Waals surface area contributed by atoms with Gasteiger partial charge in [0.25, 0.3) is 5.91 Å². The minimum Gasteiger partial charge on any atom is -0.387 e. The molecule has 0 saturated heterocycles. The highest BCUT2D eigenvalue weighted by Gasteiger charge is 2.23. The molecular weight excluding hydrogens is 292 g/mol. The lowest BCUT2D eigenvalue weighted by molar-refractivity contribution is 0.0945. The van der Waals surface area contributed by atoms with Crippen LogP contribution in [0.3, 0.4) is 0 Å². The summed E-state index contributed by atoms with van der Waals surface area (Å²) in [5.41, 5.74) is 1.11. The van der Waals surface area contributed by atoms with Gasteiger partial charge in [-0.2, -0.15) is 0 Å². The predicted octanol–water partition coefficient (Wildman–Crippen LogP) is 0.489. The van der Waals surface area contributed by atoms with Gasteiger partial charge in [0.05, 0.1) is 17.5 Å². The Morgan fingerprint density at radius 1 is 1.38 bits per heavy atom. The molecule has 0 aliphatic rings. The van der Waals surface area contributed by atoms with Crippen LogP contribution in [-0.2, 0) is 10.0 Å². The average Bonchev–Trinajstić information content (AvgIpc) is 2.33. The third kappa shape index (κ3) is 5.68. The van der Waals surface area contributed by atoms with Gasteiger partial charge < -0.3 is 10.6 Å². The number of amides is 1. The Bertz CT molecular complexity index is 626. The van der Waals surface area contributed by atoms with E-state index < -0.39 is 15.6 Å². The lowest BCUT2D eigenvalue weighted by Crippen LogP contribution is -2.51. The largest absolute Gasteiger partial charge is 0.387 e. The maximum atomic E-state index is 12.2. The molecule has 0 aliphatic heterocycles. The first kappa shape index (κ1) is 17.4. The maximum absolute atomic E-state index is 12.2. The molecule has 3 N–H and O–H groups in total. The fraction of sp³-hybridized carbons (Fsp3) is 0.538. The molecule has 0 unspecified atom stereocenters. The summed E-state index contributed by atoms with van der Waals surface area (Å²) in [6.45, 7) is 5.39. The molecule has 0 bridgehead atoms. The van der Waals surface area contributed by atoms with E-state index in [4.69, 9.17) is 0 Å². The molecule has 1 rings (SSSR count). The second kappa shape index (κ2) is 6.40. The van der Waals surface area contributed by atoms with E-state index in [1.165, 1.54) is 6.20 Å². The molecule has 1 aromatic rings. The molecule has 0 saturated carbocycles. The molecule has 0 atom stereocenters. The molecule has 0 aromatic carbocycles. The second-order valence-corrected chi connectivity index (χ2v) is 7.31. The van der Waals surface area contributed by atoms with Crippen LogP contribution in [0.25, 0.3) is 0 Å². The van der Waals surface area contributed by atoms with Gasteiger partial charge in [-0.15, -0.1) is 0 Å². The number of carbonyl (C=O) groups is 1. The van der Waals surface area contributed by atoms with Crippen LogP contribution >= 0.6 is 0 Å². The van der Waals surface area contributed by atoms with Crippen molar-refractivity contribution in [2.24, 2.45) is 0 Å². The smallest absolute Gasteiger partial charge is 0.255 e. The van der Waals surface area contributed by atoms with E-state index >= 15 is 0 Å². The van der Waals surface area contributed by atoms with Crippen LogP contribution in [0.15, 0.2) is 12.3 Å². The van der Waals surface area contributed by atoms with Gasteiger partial charge >= 0.3 is 0 Å². The highest BCUT2D eigenvalue weighted by Crippen LogP contribution is 2.15. The van der Waals surface area contributed by atoms with Crippen molar-refractivity contribution < 1.29 is 13.2 Å². The van der Waals surface area contributed by atoms with E-state index in [9.17, 15) is 13.2 Å². The number of rotatable bonds is 6. The summed E-state index contributed by atoms with van der Waals surface area (Å²) >= 11 is 0. The van der Waals surface area contributed by atoms with Gasteiger partial charge in [-0.3, -0.25) is 9.78 Å². The van der Waals surface area contributed by atoms with E-state index in [0.29, 0.717) is 11.3 Å². The Labute approximate surface area is 125 Å². The van der Waals surface area contributed by atoms with Crippen LogP contribution in [0.1, 0.15) is 29.9 Å². The topological polar surface area (TPSA) is 100 Å². The van der Waals surface area contributed by atoms with Crippen LogP contribution in [-0.4, -0.2) is 44.7 Å². The molecule has 8 heteroatoms. The van der Waals surface area contributed by atoms with Crippen molar-refractivity contribution >= 4 is 21.6 Å². The molecule has 1 heterocycles. The number of nitrogens with zero attached hydrogens (tertiary/aromatic N) is 1. The van der Waals surface area contributed by atoms with E-state index in [0.717, 1.165) is 11.9 Å². The van der Waals surface area contributed by atoms with Crippen LogP contribution < -0.4 is 15.4 Å². The van der Waals surface area contributed by atoms with E-state index in [1.54, 1.807) is 27.0 Å². The van der Waals surface area contributed by atoms with Gasteiger partial charge in [0, 0.05) is 31.0 Å². The molecule has 0 aliphatic carbocycles. The van der Waals surface area contributed by atoms with Gasteiger partial charge in [-0.25, -0.2) is 13.1 Å². The lowest BCUT2D eigenvalue weighted by Gasteiger charge is -2.25. The highest BCUT2D eigenvalue weighted by molar-refractivity contribution is 7.88. The number of anilines is 1. The Kier molecular flexibility index (Phi) is 5.30. The zero-order chi connectivity index (χ0) is 16.3. The van der Waals surface area contributed by atoms with Crippen LogP contribution in [0, 0.1) is 6.92 Å². The standard InChI is InChI=1S/C13H22N4O3S/c1-9-6-11(14-4)10(7-15-9)12(18)16-8-13(2,3)17-21(5,19)20/h6-7,17H,8H2,1-5H3,(H,14,15)(H,16,18). The van der Waals surface area contributed by atoms with E-state index in [2.05, 4.69) is 20.3 Å². The fourth-order valence-corrected chi connectivity index (χ4v) is 2.96. The predicted molar refractivity (Wildman–Crippen MR) is 82.9 cm³/mol. The second-order valence-electron chi connectivity index (χ2n) is 5.56. The van der Waals surface area contributed by atoms with Crippen molar-refractivity contribution in [2.75, 3.05) is 25.2 Å². The van der Waals surface area contributed by atoms with Crippen LogP contribution in [0.4, 0.5) is 5.69 Å². The number of pyridine rings is 1. The van der Waals surface area contributed by atoms with Crippen LogP contribution in [0.5, 0.6) is 0 Å². The van der Waals surface area contributed by atoms with E-state index in [-0.39, 0.29) is 12.5 Å². The maximum Gasteiger partial charge on any atom is 0.255 e. The van der Waals surface area contributed by atoms with Crippen molar-refractivity contribution in [3.05, 3.63) is 23.5 Å². The summed E-state index contributed by atoms with van der Waals surface area (Å²) in [7, 11) is -1.62. The van der Waals surface area contributed by atoms with Gasteiger partial charge in [0.1, 0.15) is 0 Å². The number of hydrogen-bond acceptors (Lipinski definition) is 5. The van der Waals surface area contributed by atoms with Gasteiger partial charge in [-0.05, 0) is 26.8 Å². The molecule has 7 nitrogen and oxygen atoms in total. The number of sulfonamides is 1. The summed E-state index contributed by atoms with van der Waals surface area (Å²) in [5, 5.41) is 5.65. The monoisotopic (exact) mass is 314 g/mol. The third-order valence-electron chi connectivity index (χ3n) is 2.71. The summed E-state index contributed by atoms with van der Waals surface area (Å²) < 4.78 is 25.0. The Morgan fingerprint density at radius 2 is 2.00 bits per heavy atom. The van der Waals surface area contributed by atoms with Crippen molar-refractivity contribution in [2.45, 2.75) is 26.3 Å². The zero-order valence-electron chi connectivity index (χ0n) is 12.9. The molecule has 0 radical (unpaired) electrons. The summed E-state index contributed by atoms with van der Waals surface area (Å²) in [6, 6.07) is 1.77. The molecule has 1 amide bonds.